The van der Waals surface area contributed by atoms with Gasteiger partial charge in [-0.2, -0.15) is 0 Å². The van der Waals surface area contributed by atoms with Gasteiger partial charge >= 0.3 is 0 Å². The summed E-state index contributed by atoms with van der Waals surface area (Å²) in [6, 6.07) is 13.5. The molecule has 0 fully saturated rings. The zero-order valence-corrected chi connectivity index (χ0v) is 14.8. The van der Waals surface area contributed by atoms with Crippen LogP contribution in [0.5, 0.6) is 11.5 Å². The van der Waals surface area contributed by atoms with Crippen molar-refractivity contribution in [1.82, 2.24) is 5.32 Å². The highest BCUT2D eigenvalue weighted by Crippen LogP contribution is 2.21. The second-order valence-electron chi connectivity index (χ2n) is 6.13. The first-order valence-corrected chi connectivity index (χ1v) is 8.23. The fourth-order valence-corrected chi connectivity index (χ4v) is 2.47. The highest BCUT2D eigenvalue weighted by atomic mass is 16.5. The molecule has 0 spiro atoms. The van der Waals surface area contributed by atoms with Crippen LogP contribution in [0.25, 0.3) is 11.0 Å². The molecule has 0 aliphatic heterocycles. The number of nitrogens with one attached hydrogen (secondary N) is 1. The van der Waals surface area contributed by atoms with Gasteiger partial charge in [-0.15, -0.1) is 0 Å². The average molecular weight is 352 g/mol. The maximum atomic E-state index is 12.6. The van der Waals surface area contributed by atoms with Crippen molar-refractivity contribution in [2.24, 2.45) is 4.99 Å². The summed E-state index contributed by atoms with van der Waals surface area (Å²) in [4.78, 5) is 17.0. The molecule has 0 bridgehead atoms. The Bertz CT molecular complexity index is 1000. The number of nitrogens with zero attached hydrogens (tertiary/aromatic N) is 1. The van der Waals surface area contributed by atoms with E-state index in [4.69, 9.17) is 9.15 Å². The van der Waals surface area contributed by atoms with Crippen LogP contribution in [0.15, 0.2) is 57.9 Å². The van der Waals surface area contributed by atoms with Crippen LogP contribution >= 0.6 is 0 Å². The van der Waals surface area contributed by atoms with Crippen molar-refractivity contribution >= 4 is 22.6 Å². The van der Waals surface area contributed by atoms with Gasteiger partial charge in [0, 0.05) is 17.5 Å². The fourth-order valence-electron chi connectivity index (χ4n) is 2.47. The Labute approximate surface area is 150 Å². The lowest BCUT2D eigenvalue weighted by atomic mass is 10.1. The summed E-state index contributed by atoms with van der Waals surface area (Å²) in [5.74, 6) is 0.518. The van der Waals surface area contributed by atoms with Crippen LogP contribution in [0.4, 0.5) is 5.69 Å². The third kappa shape index (κ3) is 3.85. The van der Waals surface area contributed by atoms with Gasteiger partial charge in [0.15, 0.2) is 0 Å². The Balaban J connectivity index is 2.18. The molecule has 0 aliphatic carbocycles. The van der Waals surface area contributed by atoms with E-state index < -0.39 is 0 Å². The Kier molecular flexibility index (Phi) is 4.93. The summed E-state index contributed by atoms with van der Waals surface area (Å²) in [5, 5.41) is 13.2. The first-order valence-electron chi connectivity index (χ1n) is 8.23. The Morgan fingerprint density at radius 3 is 2.54 bits per heavy atom. The number of phenolic OH excluding ortho intramolecular Hbond substituents is 1. The van der Waals surface area contributed by atoms with Gasteiger partial charge in [0.2, 0.25) is 5.55 Å². The number of rotatable bonds is 4. The number of benzene rings is 2. The summed E-state index contributed by atoms with van der Waals surface area (Å²) < 4.78 is 11.0. The normalized spacial score (nSPS) is 11.8. The Hall–Kier alpha value is -3.28. The third-order valence-electron chi connectivity index (χ3n) is 3.70. The summed E-state index contributed by atoms with van der Waals surface area (Å²) in [6.07, 6.45) is 0. The van der Waals surface area contributed by atoms with E-state index in [0.717, 1.165) is 0 Å². The van der Waals surface area contributed by atoms with Gasteiger partial charge in [0.25, 0.3) is 5.91 Å². The molecule has 1 aromatic heterocycles. The van der Waals surface area contributed by atoms with Crippen LogP contribution in [0.3, 0.4) is 0 Å². The molecule has 0 saturated carbocycles. The quantitative estimate of drug-likeness (QED) is 0.752. The molecular formula is C20H20N2O4. The van der Waals surface area contributed by atoms with Crippen LogP contribution in [-0.4, -0.2) is 24.2 Å². The van der Waals surface area contributed by atoms with Crippen LogP contribution in [0.2, 0.25) is 0 Å². The van der Waals surface area contributed by atoms with Crippen LogP contribution in [0.1, 0.15) is 24.2 Å². The molecule has 0 unspecified atom stereocenters. The molecule has 6 heteroatoms. The molecule has 26 heavy (non-hydrogen) atoms. The standard InChI is InChI=1S/C20H20N2O4/c1-12(2)21-19(24)17-10-13-4-7-15(23)11-18(13)26-20(17)22-14-5-8-16(25-3)9-6-14/h4-12,23H,1-3H3,(H,21,24). The van der Waals surface area contributed by atoms with Gasteiger partial charge in [-0.1, -0.05) is 0 Å². The Morgan fingerprint density at radius 2 is 1.88 bits per heavy atom. The molecule has 134 valence electrons. The van der Waals surface area contributed by atoms with Crippen molar-refractivity contribution in [1.29, 1.82) is 0 Å². The van der Waals surface area contributed by atoms with Crippen LogP contribution in [-0.2, 0) is 0 Å². The zero-order chi connectivity index (χ0) is 18.7. The van der Waals surface area contributed by atoms with E-state index in [1.165, 1.54) is 6.07 Å². The minimum absolute atomic E-state index is 0.0214. The second-order valence-corrected chi connectivity index (χ2v) is 6.13. The molecule has 1 heterocycles. The van der Waals surface area contributed by atoms with Gasteiger partial charge in [-0.25, -0.2) is 4.99 Å². The predicted octanol–water partition coefficient (Wildman–Crippen LogP) is 3.52. The zero-order valence-electron chi connectivity index (χ0n) is 14.8. The lowest BCUT2D eigenvalue weighted by Gasteiger charge is -2.09. The molecule has 0 saturated heterocycles. The molecular weight excluding hydrogens is 332 g/mol. The number of ether oxygens (including phenoxy) is 1. The van der Waals surface area contributed by atoms with Crippen molar-refractivity contribution < 1.29 is 19.1 Å². The Morgan fingerprint density at radius 1 is 1.15 bits per heavy atom. The maximum Gasteiger partial charge on any atom is 0.257 e. The highest BCUT2D eigenvalue weighted by Gasteiger charge is 2.14. The van der Waals surface area contributed by atoms with Crippen LogP contribution < -0.4 is 15.6 Å². The fraction of sp³-hybridized carbons (Fsp3) is 0.200. The van der Waals surface area contributed by atoms with Crippen molar-refractivity contribution in [2.45, 2.75) is 19.9 Å². The van der Waals surface area contributed by atoms with Gasteiger partial charge < -0.3 is 19.6 Å². The SMILES string of the molecule is COc1ccc(N=c2oc3cc(O)ccc3cc2C(=O)NC(C)C)cc1. The molecule has 0 radical (unpaired) electrons. The topological polar surface area (TPSA) is 84.1 Å². The number of aromatic hydroxyl groups is 1. The number of hydrogen-bond acceptors (Lipinski definition) is 5. The monoisotopic (exact) mass is 352 g/mol. The number of fused-ring (bicyclic) bond motifs is 1. The van der Waals surface area contributed by atoms with Gasteiger partial charge in [-0.05, 0) is 56.3 Å². The number of carbonyl (C=O) groups is 1. The van der Waals surface area contributed by atoms with E-state index in [1.807, 2.05) is 13.8 Å². The number of hydrogen-bond donors (Lipinski definition) is 2. The maximum absolute atomic E-state index is 12.6. The molecule has 3 aromatic rings. The van der Waals surface area contributed by atoms with E-state index in [0.29, 0.717) is 28.0 Å². The van der Waals surface area contributed by atoms with Gasteiger partial charge in [0.1, 0.15) is 22.6 Å². The number of phenols is 1. The summed E-state index contributed by atoms with van der Waals surface area (Å²) >= 11 is 0. The smallest absolute Gasteiger partial charge is 0.257 e. The minimum atomic E-state index is -0.272. The lowest BCUT2D eigenvalue weighted by Crippen LogP contribution is -2.33. The lowest BCUT2D eigenvalue weighted by molar-refractivity contribution is 0.0939. The summed E-state index contributed by atoms with van der Waals surface area (Å²) in [6.45, 7) is 3.77. The summed E-state index contributed by atoms with van der Waals surface area (Å²) in [7, 11) is 1.59. The van der Waals surface area contributed by atoms with Crippen molar-refractivity contribution in [3.8, 4) is 11.5 Å². The van der Waals surface area contributed by atoms with E-state index in [-0.39, 0.29) is 23.3 Å². The average Bonchev–Trinajstić information content (AvgIpc) is 2.61. The molecule has 6 nitrogen and oxygen atoms in total. The van der Waals surface area contributed by atoms with Gasteiger partial charge in [-0.3, -0.25) is 4.79 Å². The van der Waals surface area contributed by atoms with E-state index >= 15 is 0 Å². The van der Waals surface area contributed by atoms with E-state index in [1.54, 1.807) is 49.6 Å². The number of carbonyl (C=O) groups excluding carboxylic acids is 1. The number of amides is 1. The second kappa shape index (κ2) is 7.31. The first-order chi connectivity index (χ1) is 12.5. The first kappa shape index (κ1) is 17.5. The molecule has 0 aliphatic rings. The third-order valence-corrected chi connectivity index (χ3v) is 3.70. The molecule has 2 aromatic carbocycles. The van der Waals surface area contributed by atoms with Crippen LogP contribution in [0, 0.1) is 0 Å². The van der Waals surface area contributed by atoms with Crippen molar-refractivity contribution in [2.75, 3.05) is 7.11 Å². The molecule has 1 amide bonds. The van der Waals surface area contributed by atoms with E-state index in [2.05, 4.69) is 10.3 Å². The minimum Gasteiger partial charge on any atom is -0.508 e. The molecule has 3 rings (SSSR count). The molecule has 2 N–H and O–H groups in total. The highest BCUT2D eigenvalue weighted by molar-refractivity contribution is 5.96. The predicted molar refractivity (Wildman–Crippen MR) is 98.7 cm³/mol. The molecule has 0 atom stereocenters. The van der Waals surface area contributed by atoms with Crippen molar-refractivity contribution in [3.05, 3.63) is 59.6 Å². The van der Waals surface area contributed by atoms with E-state index in [9.17, 15) is 9.90 Å². The number of methoxy groups -OCH3 is 1. The van der Waals surface area contributed by atoms with Crippen molar-refractivity contribution in [3.63, 3.8) is 0 Å². The largest absolute Gasteiger partial charge is 0.508 e. The summed E-state index contributed by atoms with van der Waals surface area (Å²) in [5.41, 5.74) is 1.56. The van der Waals surface area contributed by atoms with Gasteiger partial charge in [0.05, 0.1) is 12.8 Å².